The van der Waals surface area contributed by atoms with Crippen LogP contribution in [0.4, 0.5) is 0 Å². The van der Waals surface area contributed by atoms with Gasteiger partial charge in [-0.05, 0) is 0 Å². The largest absolute Gasteiger partial charge is 0.480 e. The highest BCUT2D eigenvalue weighted by atomic mass is 32.2. The number of hydrogen-bond donors (Lipinski definition) is 6. The number of aromatic amines is 2. The molecular formula is C18H18N8O5S3. The Labute approximate surface area is 206 Å². The van der Waals surface area contributed by atoms with E-state index in [0.29, 0.717) is 22.1 Å². The van der Waals surface area contributed by atoms with Crippen LogP contribution < -0.4 is 11.1 Å². The van der Waals surface area contributed by atoms with Gasteiger partial charge in [-0.1, -0.05) is 24.4 Å². The third kappa shape index (κ3) is 4.56. The van der Waals surface area contributed by atoms with E-state index in [-0.39, 0.29) is 35.0 Å². The molecule has 34 heavy (non-hydrogen) atoms. The molecule has 3 atom stereocenters. The standard InChI is InChI=1S/C18H18N8O5S3/c19-8(17(28)29)1-6-3-20-9(23-6)2-10(32)24-11-15(27)26-12(18(30)31)7(4-34-16(11)26)13(33)14-21-5-22-25-14/h3,5,8,11,16H,1-2,4,19H2,(H,20,23)(H,24,32)(H,28,29)(H,30,31)(H,21,22,25)/t8?,11-,16+/m1/s1. The van der Waals surface area contributed by atoms with Crippen LogP contribution in [0.1, 0.15) is 17.3 Å². The summed E-state index contributed by atoms with van der Waals surface area (Å²) in [7, 11) is 0. The Balaban J connectivity index is 1.42. The molecule has 13 nitrogen and oxygen atoms in total. The number of thioether (sulfide) groups is 1. The van der Waals surface area contributed by atoms with Crippen molar-refractivity contribution in [3.05, 3.63) is 41.1 Å². The quantitative estimate of drug-likeness (QED) is 0.133. The summed E-state index contributed by atoms with van der Waals surface area (Å²) in [5, 5.41) is 28.7. The third-order valence-electron chi connectivity index (χ3n) is 5.15. The number of carboxylic acids is 2. The summed E-state index contributed by atoms with van der Waals surface area (Å²) >= 11 is 12.1. The van der Waals surface area contributed by atoms with E-state index in [0.717, 1.165) is 0 Å². The Morgan fingerprint density at radius 1 is 1.35 bits per heavy atom. The summed E-state index contributed by atoms with van der Waals surface area (Å²) < 4.78 is 0. The lowest BCUT2D eigenvalue weighted by atomic mass is 10.0. The number of carbonyl (C=O) groups excluding carboxylic acids is 1. The summed E-state index contributed by atoms with van der Waals surface area (Å²) in [5.41, 5.74) is 6.14. The molecule has 0 radical (unpaired) electrons. The van der Waals surface area contributed by atoms with Crippen LogP contribution in [0, 0.1) is 0 Å². The predicted octanol–water partition coefficient (Wildman–Crippen LogP) is -1.02. The molecular weight excluding hydrogens is 504 g/mol. The second-order valence-electron chi connectivity index (χ2n) is 7.42. The molecule has 2 aromatic heterocycles. The zero-order valence-corrected chi connectivity index (χ0v) is 19.7. The zero-order valence-electron chi connectivity index (χ0n) is 17.2. The Kier molecular flexibility index (Phi) is 6.74. The molecule has 178 valence electrons. The fraction of sp³-hybridized carbons (Fsp3) is 0.333. The number of carboxylic acid groups (broad SMARTS) is 2. The average molecular weight is 523 g/mol. The fourth-order valence-electron chi connectivity index (χ4n) is 3.54. The molecule has 0 aromatic carbocycles. The van der Waals surface area contributed by atoms with Crippen molar-refractivity contribution in [2.75, 3.05) is 5.75 Å². The van der Waals surface area contributed by atoms with Crippen LogP contribution in [0.2, 0.25) is 0 Å². The smallest absolute Gasteiger partial charge is 0.353 e. The highest BCUT2D eigenvalue weighted by molar-refractivity contribution is 8.00. The molecule has 0 spiro atoms. The van der Waals surface area contributed by atoms with E-state index < -0.39 is 35.3 Å². The maximum absolute atomic E-state index is 12.9. The van der Waals surface area contributed by atoms with Crippen molar-refractivity contribution >= 4 is 63.9 Å². The van der Waals surface area contributed by atoms with E-state index in [2.05, 4.69) is 30.5 Å². The van der Waals surface area contributed by atoms with Crippen LogP contribution in [0.15, 0.2) is 23.8 Å². The SMILES string of the molecule is NC(Cc1c[nH]c(CC(=S)N[C@@H]2C(=O)N3C(C(=O)O)=C(C(=S)c4nnc[nH]4)CS[C@@H]23)n1)C(=O)O. The minimum absolute atomic E-state index is 0.0589. The second kappa shape index (κ2) is 9.57. The van der Waals surface area contributed by atoms with E-state index >= 15 is 0 Å². The minimum atomic E-state index is -1.26. The Morgan fingerprint density at radius 2 is 2.12 bits per heavy atom. The number of H-pyrrole nitrogens is 2. The Hall–Kier alpha value is -3.21. The van der Waals surface area contributed by atoms with E-state index in [9.17, 15) is 19.5 Å². The summed E-state index contributed by atoms with van der Waals surface area (Å²) in [6.07, 6.45) is 3.13. The van der Waals surface area contributed by atoms with E-state index in [4.69, 9.17) is 35.3 Å². The number of nitrogens with two attached hydrogens (primary N) is 1. The number of nitrogens with zero attached hydrogens (tertiary/aromatic N) is 4. The number of β-lactam (4-membered cyclic amide) rings is 1. The van der Waals surface area contributed by atoms with Crippen molar-refractivity contribution in [3.8, 4) is 0 Å². The molecule has 7 N–H and O–H groups in total. The van der Waals surface area contributed by atoms with Gasteiger partial charge in [-0.15, -0.1) is 22.0 Å². The lowest BCUT2D eigenvalue weighted by Crippen LogP contribution is -2.70. The number of hydrogen-bond acceptors (Lipinski definition) is 10. The normalized spacial score (nSPS) is 20.4. The lowest BCUT2D eigenvalue weighted by molar-refractivity contribution is -0.148. The van der Waals surface area contributed by atoms with Gasteiger partial charge in [-0.2, -0.15) is 0 Å². The highest BCUT2D eigenvalue weighted by Crippen LogP contribution is 2.41. The molecule has 1 unspecified atom stereocenters. The van der Waals surface area contributed by atoms with Gasteiger partial charge in [0.15, 0.2) is 5.82 Å². The molecule has 4 heterocycles. The molecule has 0 aliphatic carbocycles. The molecule has 0 bridgehead atoms. The number of fused-ring (bicyclic) bond motifs is 1. The predicted molar refractivity (Wildman–Crippen MR) is 127 cm³/mol. The summed E-state index contributed by atoms with van der Waals surface area (Å²) in [4.78, 5) is 47.4. The topological polar surface area (TPSA) is 203 Å². The molecule has 0 saturated carbocycles. The van der Waals surface area contributed by atoms with Gasteiger partial charge in [0.1, 0.15) is 35.3 Å². The summed E-state index contributed by atoms with van der Waals surface area (Å²) in [6, 6.07) is -1.77. The summed E-state index contributed by atoms with van der Waals surface area (Å²) in [5.74, 6) is -1.82. The van der Waals surface area contributed by atoms with Crippen molar-refractivity contribution in [2.24, 2.45) is 5.73 Å². The first kappa shape index (κ1) is 23.9. The van der Waals surface area contributed by atoms with Gasteiger partial charge in [0.25, 0.3) is 5.91 Å². The molecule has 16 heteroatoms. The average Bonchev–Trinajstić information content (AvgIpc) is 3.48. The van der Waals surface area contributed by atoms with E-state index in [1.54, 1.807) is 6.20 Å². The number of thiocarbonyl (C=S) groups is 2. The van der Waals surface area contributed by atoms with E-state index in [1.807, 2.05) is 0 Å². The number of imidazole rings is 1. The molecule has 2 aliphatic heterocycles. The van der Waals surface area contributed by atoms with Crippen molar-refractivity contribution < 1.29 is 24.6 Å². The third-order valence-corrected chi connectivity index (χ3v) is 7.13. The van der Waals surface area contributed by atoms with Gasteiger partial charge < -0.3 is 31.2 Å². The first-order chi connectivity index (χ1) is 16.2. The van der Waals surface area contributed by atoms with Crippen molar-refractivity contribution in [1.82, 2.24) is 35.4 Å². The van der Waals surface area contributed by atoms with Crippen molar-refractivity contribution in [2.45, 2.75) is 30.3 Å². The molecule has 1 fully saturated rings. The number of rotatable bonds is 9. The first-order valence-electron chi connectivity index (χ1n) is 9.80. The van der Waals surface area contributed by atoms with Crippen molar-refractivity contribution in [3.63, 3.8) is 0 Å². The number of aliphatic carboxylic acids is 2. The van der Waals surface area contributed by atoms with Gasteiger partial charge >= 0.3 is 11.9 Å². The fourth-order valence-corrected chi connectivity index (χ4v) is 5.52. The highest BCUT2D eigenvalue weighted by Gasteiger charge is 2.54. The Bertz CT molecular complexity index is 1210. The van der Waals surface area contributed by atoms with Crippen LogP contribution in [-0.4, -0.2) is 91.2 Å². The van der Waals surface area contributed by atoms with E-state index in [1.165, 1.54) is 23.0 Å². The summed E-state index contributed by atoms with van der Waals surface area (Å²) in [6.45, 7) is 0. The van der Waals surface area contributed by atoms with Crippen LogP contribution >= 0.6 is 36.2 Å². The zero-order chi connectivity index (χ0) is 24.6. The first-order valence-corrected chi connectivity index (χ1v) is 11.7. The number of carbonyl (C=O) groups is 3. The molecule has 1 saturated heterocycles. The number of amides is 1. The van der Waals surface area contributed by atoms with Gasteiger partial charge in [0, 0.05) is 23.9 Å². The maximum atomic E-state index is 12.9. The van der Waals surface area contributed by atoms with Gasteiger partial charge in [0.2, 0.25) is 0 Å². The van der Waals surface area contributed by atoms with Crippen LogP contribution in [0.5, 0.6) is 0 Å². The van der Waals surface area contributed by atoms with Gasteiger partial charge in [-0.25, -0.2) is 9.78 Å². The maximum Gasteiger partial charge on any atom is 0.353 e. The van der Waals surface area contributed by atoms with Crippen molar-refractivity contribution in [1.29, 1.82) is 0 Å². The molecule has 2 aliphatic rings. The van der Waals surface area contributed by atoms with Crippen LogP contribution in [-0.2, 0) is 27.2 Å². The van der Waals surface area contributed by atoms with Crippen LogP contribution in [0.3, 0.4) is 0 Å². The minimum Gasteiger partial charge on any atom is -0.480 e. The number of nitrogens with one attached hydrogen (secondary N) is 3. The van der Waals surface area contributed by atoms with Gasteiger partial charge in [0.05, 0.1) is 22.0 Å². The van der Waals surface area contributed by atoms with Gasteiger partial charge in [-0.3, -0.25) is 14.5 Å². The molecule has 4 rings (SSSR count). The van der Waals surface area contributed by atoms with Crippen LogP contribution in [0.25, 0.3) is 0 Å². The lowest BCUT2D eigenvalue weighted by Gasteiger charge is -2.49. The molecule has 2 aromatic rings. The second-order valence-corrected chi connectivity index (χ2v) is 9.42. The molecule has 1 amide bonds. The monoisotopic (exact) mass is 522 g/mol. The Morgan fingerprint density at radius 3 is 2.76 bits per heavy atom. The number of aromatic nitrogens is 5.